The number of carbonyl (C=O) groups is 2. The Bertz CT molecular complexity index is 620. The highest BCUT2D eigenvalue weighted by molar-refractivity contribution is 7.95. The van der Waals surface area contributed by atoms with Gasteiger partial charge in [-0.3, -0.25) is 0 Å². The van der Waals surface area contributed by atoms with Crippen molar-refractivity contribution < 1.29 is 23.6 Å². The molecule has 19 heavy (non-hydrogen) atoms. The minimum absolute atomic E-state index is 0.0178. The van der Waals surface area contributed by atoms with E-state index in [4.69, 9.17) is 9.84 Å². The van der Waals surface area contributed by atoms with E-state index in [1.807, 2.05) is 0 Å². The van der Waals surface area contributed by atoms with Crippen molar-refractivity contribution in [2.24, 2.45) is 4.36 Å². The first-order valence-corrected chi connectivity index (χ1v) is 7.89. The number of carboxylic acids is 1. The molecule has 1 rings (SSSR count). The Labute approximate surface area is 114 Å². The minimum Gasteiger partial charge on any atom is -0.477 e. The van der Waals surface area contributed by atoms with Crippen LogP contribution in [-0.2, 0) is 14.5 Å². The summed E-state index contributed by atoms with van der Waals surface area (Å²) in [6.07, 6.45) is 1.32. The first kappa shape index (κ1) is 15.6. The SMILES string of the molecule is CC(C)(C)OC(=O)N=S(C)(=O)c1ncc(C(=O)O)s1. The number of thiazole rings is 1. The van der Waals surface area contributed by atoms with Gasteiger partial charge in [0.1, 0.15) is 20.2 Å². The standard InChI is InChI=1S/C10H14N2O5S2/c1-10(2,3)17-8(15)12-19(4,16)9-11-5-6(18-9)7(13)14/h5H,1-4H3,(H,13,14). The highest BCUT2D eigenvalue weighted by atomic mass is 32.2. The fraction of sp³-hybridized carbons (Fsp3) is 0.500. The Morgan fingerprint density at radius 3 is 2.47 bits per heavy atom. The van der Waals surface area contributed by atoms with Crippen LogP contribution in [0.4, 0.5) is 4.79 Å². The van der Waals surface area contributed by atoms with Crippen molar-refractivity contribution in [3.63, 3.8) is 0 Å². The maximum atomic E-state index is 12.2. The number of ether oxygens (including phenoxy) is 1. The van der Waals surface area contributed by atoms with Crippen molar-refractivity contribution >= 4 is 33.1 Å². The van der Waals surface area contributed by atoms with Crippen LogP contribution >= 0.6 is 11.3 Å². The topological polar surface area (TPSA) is 106 Å². The van der Waals surface area contributed by atoms with E-state index in [0.717, 1.165) is 17.5 Å². The molecule has 1 aromatic heterocycles. The van der Waals surface area contributed by atoms with E-state index in [9.17, 15) is 13.8 Å². The lowest BCUT2D eigenvalue weighted by molar-refractivity contribution is 0.0606. The molecule has 1 heterocycles. The molecule has 0 saturated heterocycles. The zero-order valence-electron chi connectivity index (χ0n) is 10.9. The summed E-state index contributed by atoms with van der Waals surface area (Å²) in [5.41, 5.74) is -0.745. The summed E-state index contributed by atoms with van der Waals surface area (Å²) in [6.45, 7) is 4.97. The summed E-state index contributed by atoms with van der Waals surface area (Å²) in [6, 6.07) is 0. The second kappa shape index (κ2) is 5.25. The lowest BCUT2D eigenvalue weighted by Gasteiger charge is -2.17. The van der Waals surface area contributed by atoms with Gasteiger partial charge in [-0.15, -0.1) is 4.36 Å². The molecule has 1 aromatic rings. The summed E-state index contributed by atoms with van der Waals surface area (Å²) in [5.74, 6) is -1.17. The summed E-state index contributed by atoms with van der Waals surface area (Å²) >= 11 is 0.720. The average molecular weight is 306 g/mol. The Kier molecular flexibility index (Phi) is 4.31. The molecule has 0 aliphatic heterocycles. The molecule has 7 nitrogen and oxygen atoms in total. The molecule has 0 aromatic carbocycles. The number of hydrogen-bond donors (Lipinski definition) is 1. The molecule has 0 saturated carbocycles. The fourth-order valence-corrected chi connectivity index (χ4v) is 3.13. The van der Waals surface area contributed by atoms with Crippen LogP contribution in [0.15, 0.2) is 14.9 Å². The van der Waals surface area contributed by atoms with E-state index >= 15 is 0 Å². The van der Waals surface area contributed by atoms with Crippen molar-refractivity contribution in [2.45, 2.75) is 30.7 Å². The molecule has 0 fully saturated rings. The van der Waals surface area contributed by atoms with E-state index in [-0.39, 0.29) is 9.22 Å². The zero-order chi connectivity index (χ0) is 14.8. The van der Waals surface area contributed by atoms with Crippen molar-refractivity contribution in [1.82, 2.24) is 4.98 Å². The van der Waals surface area contributed by atoms with Gasteiger partial charge in [-0.1, -0.05) is 11.3 Å². The second-order valence-electron chi connectivity index (χ2n) is 4.67. The first-order valence-electron chi connectivity index (χ1n) is 5.15. The Morgan fingerprint density at radius 1 is 1.47 bits per heavy atom. The normalized spacial score (nSPS) is 14.5. The largest absolute Gasteiger partial charge is 0.477 e. The van der Waals surface area contributed by atoms with E-state index in [1.54, 1.807) is 20.8 Å². The smallest absolute Gasteiger partial charge is 0.442 e. The highest BCUT2D eigenvalue weighted by Crippen LogP contribution is 2.20. The van der Waals surface area contributed by atoms with Crippen LogP contribution in [0.5, 0.6) is 0 Å². The van der Waals surface area contributed by atoms with Crippen molar-refractivity contribution in [3.8, 4) is 0 Å². The van der Waals surface area contributed by atoms with Crippen LogP contribution in [0.3, 0.4) is 0 Å². The van der Waals surface area contributed by atoms with Gasteiger partial charge in [0.05, 0.1) is 6.20 Å². The van der Waals surface area contributed by atoms with Crippen LogP contribution in [0.2, 0.25) is 0 Å². The molecular weight excluding hydrogens is 292 g/mol. The van der Waals surface area contributed by atoms with Gasteiger partial charge in [0.2, 0.25) is 0 Å². The zero-order valence-corrected chi connectivity index (χ0v) is 12.5. The number of hydrogen-bond acceptors (Lipinski definition) is 6. The van der Waals surface area contributed by atoms with E-state index in [0.29, 0.717) is 0 Å². The number of amides is 1. The Balaban J connectivity index is 3.05. The highest BCUT2D eigenvalue weighted by Gasteiger charge is 2.20. The van der Waals surface area contributed by atoms with Crippen LogP contribution < -0.4 is 0 Å². The molecule has 0 radical (unpaired) electrons. The average Bonchev–Trinajstić information content (AvgIpc) is 2.61. The van der Waals surface area contributed by atoms with E-state index in [2.05, 4.69) is 9.35 Å². The van der Waals surface area contributed by atoms with Crippen molar-refractivity contribution in [2.75, 3.05) is 6.26 Å². The number of nitrogens with zero attached hydrogens (tertiary/aromatic N) is 2. The molecule has 106 valence electrons. The van der Waals surface area contributed by atoms with Gasteiger partial charge < -0.3 is 9.84 Å². The monoisotopic (exact) mass is 306 g/mol. The third kappa shape index (κ3) is 4.60. The summed E-state index contributed by atoms with van der Waals surface area (Å²) < 4.78 is 20.6. The summed E-state index contributed by atoms with van der Waals surface area (Å²) in [4.78, 5) is 25.8. The predicted octanol–water partition coefficient (Wildman–Crippen LogP) is 2.23. The lowest BCUT2D eigenvalue weighted by Crippen LogP contribution is -2.22. The van der Waals surface area contributed by atoms with Gasteiger partial charge in [0.25, 0.3) is 0 Å². The Hall–Kier alpha value is -1.48. The third-order valence-corrected chi connectivity index (χ3v) is 4.87. The molecule has 0 spiro atoms. The maximum absolute atomic E-state index is 12.2. The van der Waals surface area contributed by atoms with Gasteiger partial charge in [0, 0.05) is 6.26 Å². The summed E-state index contributed by atoms with van der Waals surface area (Å²) in [5, 5.41) is 8.75. The quantitative estimate of drug-likeness (QED) is 0.898. The van der Waals surface area contributed by atoms with Crippen LogP contribution in [0.1, 0.15) is 30.4 Å². The fourth-order valence-electron chi connectivity index (χ4n) is 0.994. The number of aromatic nitrogens is 1. The van der Waals surface area contributed by atoms with Crippen LogP contribution in [0, 0.1) is 0 Å². The minimum atomic E-state index is -3.10. The second-order valence-corrected chi connectivity index (χ2v) is 8.13. The number of aromatic carboxylic acids is 1. The molecule has 1 unspecified atom stereocenters. The Morgan fingerprint density at radius 2 is 2.05 bits per heavy atom. The van der Waals surface area contributed by atoms with Gasteiger partial charge in [-0.05, 0) is 20.8 Å². The first-order chi connectivity index (χ1) is 8.51. The van der Waals surface area contributed by atoms with Crippen LogP contribution in [0.25, 0.3) is 0 Å². The number of carboxylic acid groups (broad SMARTS) is 1. The maximum Gasteiger partial charge on any atom is 0.442 e. The van der Waals surface area contributed by atoms with E-state index in [1.165, 1.54) is 6.26 Å². The van der Waals surface area contributed by atoms with Crippen molar-refractivity contribution in [3.05, 3.63) is 11.1 Å². The molecule has 1 amide bonds. The number of rotatable bonds is 2. The van der Waals surface area contributed by atoms with Gasteiger partial charge in [0.15, 0.2) is 4.34 Å². The third-order valence-electron chi connectivity index (χ3n) is 1.66. The predicted molar refractivity (Wildman–Crippen MR) is 70.1 cm³/mol. The molecule has 0 aliphatic rings. The van der Waals surface area contributed by atoms with Gasteiger partial charge in [-0.2, -0.15) is 0 Å². The van der Waals surface area contributed by atoms with E-state index < -0.39 is 27.4 Å². The lowest BCUT2D eigenvalue weighted by atomic mass is 10.2. The molecule has 9 heteroatoms. The molecular formula is C10H14N2O5S2. The van der Waals surface area contributed by atoms with Gasteiger partial charge in [-0.25, -0.2) is 18.8 Å². The van der Waals surface area contributed by atoms with Crippen LogP contribution in [-0.4, -0.2) is 38.2 Å². The molecule has 1 N–H and O–H groups in total. The van der Waals surface area contributed by atoms with Gasteiger partial charge >= 0.3 is 12.1 Å². The number of carbonyl (C=O) groups excluding carboxylic acids is 1. The molecule has 0 aliphatic carbocycles. The van der Waals surface area contributed by atoms with Crippen molar-refractivity contribution in [1.29, 1.82) is 0 Å². The summed E-state index contributed by atoms with van der Waals surface area (Å²) in [7, 11) is -3.10. The molecule has 0 bridgehead atoms. The molecule has 1 atom stereocenters.